The first-order valence-electron chi connectivity index (χ1n) is 5.61. The molecule has 0 aliphatic carbocycles. The summed E-state index contributed by atoms with van der Waals surface area (Å²) in [7, 11) is 1.96. The zero-order valence-corrected chi connectivity index (χ0v) is 11.2. The lowest BCUT2D eigenvalue weighted by Gasteiger charge is -2.11. The lowest BCUT2D eigenvalue weighted by Crippen LogP contribution is -2.06. The third-order valence-electron chi connectivity index (χ3n) is 2.58. The second-order valence-electron chi connectivity index (χ2n) is 4.18. The molecule has 0 spiro atoms. The van der Waals surface area contributed by atoms with E-state index < -0.39 is 0 Å². The fourth-order valence-corrected chi connectivity index (χ4v) is 2.89. The number of hydrogen-bond donors (Lipinski definition) is 1. The standard InChI is InChI=1S/C13H17N3S/c1-9-8-13(16(3)15-9)17-12-7-5-4-6-11(12)10(2)14/h4-8,10H,14H2,1-3H3. The summed E-state index contributed by atoms with van der Waals surface area (Å²) in [6.45, 7) is 4.01. The lowest BCUT2D eigenvalue weighted by atomic mass is 10.1. The van der Waals surface area contributed by atoms with E-state index in [2.05, 4.69) is 23.3 Å². The van der Waals surface area contributed by atoms with E-state index in [9.17, 15) is 0 Å². The fraction of sp³-hybridized carbons (Fsp3) is 0.308. The van der Waals surface area contributed by atoms with Crippen LogP contribution in [-0.4, -0.2) is 9.78 Å². The first kappa shape index (κ1) is 12.2. The molecule has 0 bridgehead atoms. The van der Waals surface area contributed by atoms with Crippen molar-refractivity contribution in [1.29, 1.82) is 0 Å². The van der Waals surface area contributed by atoms with Crippen LogP contribution in [0, 0.1) is 6.92 Å². The molecular formula is C13H17N3S. The van der Waals surface area contributed by atoms with E-state index >= 15 is 0 Å². The first-order valence-corrected chi connectivity index (χ1v) is 6.42. The molecule has 0 aliphatic rings. The van der Waals surface area contributed by atoms with Crippen molar-refractivity contribution in [2.75, 3.05) is 0 Å². The molecule has 3 nitrogen and oxygen atoms in total. The zero-order chi connectivity index (χ0) is 12.4. The minimum Gasteiger partial charge on any atom is -0.324 e. The van der Waals surface area contributed by atoms with Gasteiger partial charge in [-0.2, -0.15) is 5.10 Å². The van der Waals surface area contributed by atoms with Crippen LogP contribution in [0.4, 0.5) is 0 Å². The van der Waals surface area contributed by atoms with E-state index in [0.29, 0.717) is 0 Å². The van der Waals surface area contributed by atoms with Gasteiger partial charge in [-0.15, -0.1) is 0 Å². The summed E-state index contributed by atoms with van der Waals surface area (Å²) in [4.78, 5) is 1.20. The average molecular weight is 247 g/mol. The highest BCUT2D eigenvalue weighted by molar-refractivity contribution is 7.99. The molecule has 1 aromatic carbocycles. The van der Waals surface area contributed by atoms with Crippen molar-refractivity contribution in [2.45, 2.75) is 29.8 Å². The van der Waals surface area contributed by atoms with Crippen LogP contribution in [0.2, 0.25) is 0 Å². The van der Waals surface area contributed by atoms with E-state index in [4.69, 9.17) is 5.73 Å². The van der Waals surface area contributed by atoms with Crippen LogP contribution in [-0.2, 0) is 7.05 Å². The second kappa shape index (κ2) is 4.94. The van der Waals surface area contributed by atoms with Crippen LogP contribution in [0.3, 0.4) is 0 Å². The molecule has 1 heterocycles. The van der Waals surface area contributed by atoms with Crippen LogP contribution >= 0.6 is 11.8 Å². The molecule has 2 aromatic rings. The Morgan fingerprint density at radius 3 is 2.65 bits per heavy atom. The quantitative estimate of drug-likeness (QED) is 0.907. The van der Waals surface area contributed by atoms with Crippen molar-refractivity contribution >= 4 is 11.8 Å². The summed E-state index contributed by atoms with van der Waals surface area (Å²) in [5.41, 5.74) is 8.19. The maximum absolute atomic E-state index is 5.98. The third-order valence-corrected chi connectivity index (χ3v) is 3.77. The van der Waals surface area contributed by atoms with Gasteiger partial charge >= 0.3 is 0 Å². The topological polar surface area (TPSA) is 43.8 Å². The van der Waals surface area contributed by atoms with Crippen LogP contribution in [0.5, 0.6) is 0 Å². The summed E-state index contributed by atoms with van der Waals surface area (Å²) in [6.07, 6.45) is 0. The second-order valence-corrected chi connectivity index (χ2v) is 5.24. The van der Waals surface area contributed by atoms with Gasteiger partial charge in [-0.05, 0) is 31.5 Å². The highest BCUT2D eigenvalue weighted by Gasteiger charge is 2.10. The molecule has 0 saturated carbocycles. The monoisotopic (exact) mass is 247 g/mol. The Balaban J connectivity index is 2.33. The summed E-state index contributed by atoms with van der Waals surface area (Å²) in [5.74, 6) is 0. The number of nitrogens with zero attached hydrogens (tertiary/aromatic N) is 2. The number of hydrogen-bond acceptors (Lipinski definition) is 3. The minimum atomic E-state index is 0.0491. The average Bonchev–Trinajstić information content (AvgIpc) is 2.58. The lowest BCUT2D eigenvalue weighted by molar-refractivity contribution is 0.692. The summed E-state index contributed by atoms with van der Waals surface area (Å²) in [6, 6.07) is 10.4. The Bertz CT molecular complexity index is 517. The van der Waals surface area contributed by atoms with Crippen LogP contribution in [0.25, 0.3) is 0 Å². The molecule has 2 N–H and O–H groups in total. The van der Waals surface area contributed by atoms with Gasteiger partial charge in [0.2, 0.25) is 0 Å². The number of nitrogens with two attached hydrogens (primary N) is 1. The van der Waals surface area contributed by atoms with Crippen molar-refractivity contribution in [1.82, 2.24) is 9.78 Å². The Labute approximate surface area is 106 Å². The Hall–Kier alpha value is -1.26. The third kappa shape index (κ3) is 2.70. The molecule has 1 atom stereocenters. The zero-order valence-electron chi connectivity index (χ0n) is 10.3. The molecule has 0 saturated heterocycles. The van der Waals surface area contributed by atoms with Gasteiger partial charge in [0.25, 0.3) is 0 Å². The van der Waals surface area contributed by atoms with Crippen molar-refractivity contribution in [3.8, 4) is 0 Å². The van der Waals surface area contributed by atoms with Crippen molar-refractivity contribution < 1.29 is 0 Å². The number of benzene rings is 1. The molecule has 17 heavy (non-hydrogen) atoms. The minimum absolute atomic E-state index is 0.0491. The fourth-order valence-electron chi connectivity index (χ4n) is 1.74. The van der Waals surface area contributed by atoms with Gasteiger partial charge in [0, 0.05) is 18.0 Å². The van der Waals surface area contributed by atoms with Gasteiger partial charge in [-0.3, -0.25) is 4.68 Å². The number of aryl methyl sites for hydroxylation is 2. The Morgan fingerprint density at radius 1 is 1.35 bits per heavy atom. The van der Waals surface area contributed by atoms with Gasteiger partial charge in [0.1, 0.15) is 0 Å². The first-order chi connectivity index (χ1) is 8.08. The Morgan fingerprint density at radius 2 is 2.06 bits per heavy atom. The summed E-state index contributed by atoms with van der Waals surface area (Å²) >= 11 is 1.71. The van der Waals surface area contributed by atoms with Gasteiger partial charge < -0.3 is 5.73 Å². The molecule has 0 fully saturated rings. The highest BCUT2D eigenvalue weighted by atomic mass is 32.2. The van der Waals surface area contributed by atoms with Gasteiger partial charge in [0.15, 0.2) is 0 Å². The molecule has 1 unspecified atom stereocenters. The van der Waals surface area contributed by atoms with Crippen LogP contribution in [0.15, 0.2) is 40.3 Å². The van der Waals surface area contributed by atoms with E-state index in [1.807, 2.05) is 37.7 Å². The maximum Gasteiger partial charge on any atom is 0.0987 e. The molecule has 0 amide bonds. The summed E-state index contributed by atoms with van der Waals surface area (Å²) < 4.78 is 1.90. The molecule has 2 rings (SSSR count). The van der Waals surface area contributed by atoms with E-state index in [1.54, 1.807) is 11.8 Å². The van der Waals surface area contributed by atoms with E-state index in [1.165, 1.54) is 10.5 Å². The molecule has 0 radical (unpaired) electrons. The van der Waals surface area contributed by atoms with Crippen LogP contribution in [0.1, 0.15) is 24.2 Å². The van der Waals surface area contributed by atoms with Crippen molar-refractivity contribution in [2.24, 2.45) is 12.8 Å². The summed E-state index contributed by atoms with van der Waals surface area (Å²) in [5, 5.41) is 5.48. The molecule has 1 aromatic heterocycles. The van der Waals surface area contributed by atoms with E-state index in [-0.39, 0.29) is 6.04 Å². The van der Waals surface area contributed by atoms with Gasteiger partial charge in [-0.1, -0.05) is 30.0 Å². The Kier molecular flexibility index (Phi) is 3.54. The van der Waals surface area contributed by atoms with Crippen molar-refractivity contribution in [3.63, 3.8) is 0 Å². The molecule has 4 heteroatoms. The van der Waals surface area contributed by atoms with Crippen molar-refractivity contribution in [3.05, 3.63) is 41.6 Å². The van der Waals surface area contributed by atoms with Gasteiger partial charge in [-0.25, -0.2) is 0 Å². The van der Waals surface area contributed by atoms with Gasteiger partial charge in [0.05, 0.1) is 10.7 Å². The van der Waals surface area contributed by atoms with E-state index in [0.717, 1.165) is 10.7 Å². The predicted molar refractivity (Wildman–Crippen MR) is 71.1 cm³/mol. The largest absolute Gasteiger partial charge is 0.324 e. The predicted octanol–water partition coefficient (Wildman–Crippen LogP) is 2.90. The normalized spacial score (nSPS) is 12.7. The smallest absolute Gasteiger partial charge is 0.0987 e. The molecule has 90 valence electrons. The molecular weight excluding hydrogens is 230 g/mol. The highest BCUT2D eigenvalue weighted by Crippen LogP contribution is 2.32. The molecule has 0 aliphatic heterocycles. The number of aromatic nitrogens is 2. The van der Waals surface area contributed by atoms with Crippen LogP contribution < -0.4 is 5.73 Å². The SMILES string of the molecule is Cc1cc(Sc2ccccc2C(C)N)n(C)n1. The number of rotatable bonds is 3. The maximum atomic E-state index is 5.98.